The summed E-state index contributed by atoms with van der Waals surface area (Å²) in [6.07, 6.45) is 1.88. The van der Waals surface area contributed by atoms with Crippen LogP contribution in [-0.2, 0) is 42.7 Å². The number of furan rings is 1. The zero-order chi connectivity index (χ0) is 56.8. The summed E-state index contributed by atoms with van der Waals surface area (Å²) >= 11 is 0. The molecule has 5 heterocycles. The van der Waals surface area contributed by atoms with Crippen LogP contribution in [0.25, 0.3) is 117 Å². The van der Waals surface area contributed by atoms with Crippen molar-refractivity contribution in [3.05, 3.63) is 205 Å². The van der Waals surface area contributed by atoms with Gasteiger partial charge in [-0.2, -0.15) is 0 Å². The van der Waals surface area contributed by atoms with Gasteiger partial charge in [-0.05, 0) is 63.9 Å². The van der Waals surface area contributed by atoms with E-state index >= 15 is 0 Å². The Balaban J connectivity index is 0.00000705. The molecule has 0 saturated carbocycles. The molecule has 412 valence electrons. The fourth-order valence-electron chi connectivity index (χ4n) is 10.6. The Morgan fingerprint density at radius 2 is 1.10 bits per heavy atom. The van der Waals surface area contributed by atoms with Crippen molar-refractivity contribution >= 4 is 33.1 Å². The number of nitrogens with zero attached hydrogens (tertiary/aromatic N) is 7. The van der Waals surface area contributed by atoms with Gasteiger partial charge in [0.1, 0.15) is 23.0 Å². The van der Waals surface area contributed by atoms with E-state index in [-0.39, 0.29) is 43.1 Å². The monoisotopic (exact) mass is 1260 g/mol. The fourth-order valence-corrected chi connectivity index (χ4v) is 10.6. The molecule has 0 aliphatic heterocycles. The number of fused-ring (bicyclic) bond motifs is 4. The second-order valence-corrected chi connectivity index (χ2v) is 25.4. The second kappa shape index (κ2) is 20.9. The van der Waals surface area contributed by atoms with Crippen molar-refractivity contribution < 1.29 is 30.6 Å². The van der Waals surface area contributed by atoms with Crippen LogP contribution >= 0.6 is 0 Å². The van der Waals surface area contributed by atoms with Crippen LogP contribution in [0.3, 0.4) is 0 Å². The molecule has 0 saturated heterocycles. The van der Waals surface area contributed by atoms with Gasteiger partial charge < -0.3 is 9.52 Å². The van der Waals surface area contributed by atoms with Gasteiger partial charge in [0.05, 0.1) is 22.4 Å². The third kappa shape index (κ3) is 10.4. The zero-order valence-corrected chi connectivity index (χ0v) is 50.8. The normalized spacial score (nSPS) is 12.3. The molecular weight excluding hydrogens is 1190 g/mol. The van der Waals surface area contributed by atoms with E-state index in [0.29, 0.717) is 28.5 Å². The minimum absolute atomic E-state index is 0. The number of rotatable bonds is 8. The minimum atomic E-state index is -0.486. The van der Waals surface area contributed by atoms with Crippen LogP contribution in [-0.4, -0.2) is 39.6 Å². The van der Waals surface area contributed by atoms with Crippen LogP contribution in [0.15, 0.2) is 180 Å². The Kier molecular flexibility index (Phi) is 14.1. The standard InChI is InChI=1S/C72H66N7O2.Pt/c1-69(2,3)50-39-48(38-49(40-50)57-41-47(36-37-73-57)43-22-15-13-16-23-43)52-27-21-29-59-61(52)75-65(79(59)58-28-20-19-26-51(58)44-24-17-14-18-25-44)60-62(80)55(70(4,5)6)42-54-53-34-35-56(74-66(53)81-63(54)60)45-30-32-46(33-31-45)64-76-67(71(7,8)9)78-68(77-64)72(10,11)12;/h13-37,39-42,80H,1-12H3;/q-1;. The first-order valence-corrected chi connectivity index (χ1v) is 27.8. The van der Waals surface area contributed by atoms with Crippen molar-refractivity contribution in [3.63, 3.8) is 0 Å². The molecule has 7 aromatic carbocycles. The van der Waals surface area contributed by atoms with Crippen LogP contribution in [0.4, 0.5) is 0 Å². The predicted molar refractivity (Wildman–Crippen MR) is 331 cm³/mol. The summed E-state index contributed by atoms with van der Waals surface area (Å²) in [5.74, 6) is 2.77. The number of phenols is 1. The number of aromatic nitrogens is 7. The van der Waals surface area contributed by atoms with Crippen LogP contribution in [0, 0.1) is 6.07 Å². The smallest absolute Gasteiger partial charge is 0.227 e. The molecular formula is C72H66N7O2Pt-. The first-order chi connectivity index (χ1) is 38.6. The van der Waals surface area contributed by atoms with Gasteiger partial charge in [-0.15, -0.1) is 29.3 Å². The molecule has 0 unspecified atom stereocenters. The van der Waals surface area contributed by atoms with Gasteiger partial charge in [-0.3, -0.25) is 9.55 Å². The SMILES string of the molecule is CC(C)(C)c1cc(-c2cc(-c3ccccc3)ccn2)[c-]c(-c2cccc3c2nc(-c2c(O)c(C(C)(C)C)cc4c2oc2nc(-c5ccc(-c6nc(C(C)(C)C)nc(C(C)(C)C)n6)cc5)ccc24)n3-c2ccccc2-c2ccccc2)c1.[Pt]. The van der Waals surface area contributed by atoms with Crippen LogP contribution in [0.1, 0.15) is 106 Å². The largest absolute Gasteiger partial charge is 0.507 e. The van der Waals surface area contributed by atoms with Crippen molar-refractivity contribution in [2.24, 2.45) is 0 Å². The van der Waals surface area contributed by atoms with E-state index in [2.05, 4.69) is 233 Å². The van der Waals surface area contributed by atoms with Crippen LogP contribution < -0.4 is 0 Å². The molecule has 10 heteroatoms. The molecule has 82 heavy (non-hydrogen) atoms. The molecule has 0 spiro atoms. The molecule has 12 aromatic rings. The van der Waals surface area contributed by atoms with E-state index in [1.54, 1.807) is 0 Å². The Morgan fingerprint density at radius 3 is 1.76 bits per heavy atom. The number of phenolic OH excluding ortho intramolecular Hbond substituents is 1. The van der Waals surface area contributed by atoms with Gasteiger partial charge >= 0.3 is 0 Å². The molecule has 0 aliphatic rings. The fraction of sp³-hybridized carbons (Fsp3) is 0.222. The van der Waals surface area contributed by atoms with Crippen molar-refractivity contribution in [1.29, 1.82) is 0 Å². The second-order valence-electron chi connectivity index (χ2n) is 25.4. The van der Waals surface area contributed by atoms with Crippen LogP contribution in [0.2, 0.25) is 0 Å². The summed E-state index contributed by atoms with van der Waals surface area (Å²) in [7, 11) is 0. The van der Waals surface area contributed by atoms with Crippen molar-refractivity contribution in [3.8, 4) is 90.1 Å². The summed E-state index contributed by atoms with van der Waals surface area (Å²) < 4.78 is 9.23. The molecule has 0 bridgehead atoms. The Hall–Kier alpha value is -8.39. The van der Waals surface area contributed by atoms with Gasteiger partial charge in [0.15, 0.2) is 17.2 Å². The maximum absolute atomic E-state index is 13.1. The van der Waals surface area contributed by atoms with Crippen molar-refractivity contribution in [1.82, 2.24) is 34.5 Å². The molecule has 0 amide bonds. The zero-order valence-electron chi connectivity index (χ0n) is 48.5. The molecule has 0 aliphatic carbocycles. The van der Waals surface area contributed by atoms with E-state index in [1.807, 2.05) is 36.5 Å². The van der Waals surface area contributed by atoms with E-state index in [9.17, 15) is 5.11 Å². The topological polar surface area (TPSA) is 116 Å². The first-order valence-electron chi connectivity index (χ1n) is 27.8. The quantitative estimate of drug-likeness (QED) is 0.150. The average molecular weight is 1260 g/mol. The number of hydrogen-bond acceptors (Lipinski definition) is 8. The van der Waals surface area contributed by atoms with E-state index in [0.717, 1.165) is 112 Å². The van der Waals surface area contributed by atoms with Gasteiger partial charge in [0, 0.05) is 76.8 Å². The number of para-hydroxylation sites is 2. The molecule has 5 aromatic heterocycles. The predicted octanol–water partition coefficient (Wildman–Crippen LogP) is 18.3. The minimum Gasteiger partial charge on any atom is -0.507 e. The number of pyridine rings is 2. The number of hydrogen-bond donors (Lipinski definition) is 1. The Bertz CT molecular complexity index is 4350. The first kappa shape index (κ1) is 55.5. The van der Waals surface area contributed by atoms with Crippen molar-refractivity contribution in [2.45, 2.75) is 105 Å². The van der Waals surface area contributed by atoms with E-state index in [4.69, 9.17) is 34.3 Å². The molecule has 9 nitrogen and oxygen atoms in total. The molecule has 0 atom stereocenters. The Morgan fingerprint density at radius 1 is 0.476 bits per heavy atom. The molecule has 1 N–H and O–H groups in total. The molecule has 0 radical (unpaired) electrons. The van der Waals surface area contributed by atoms with Gasteiger partial charge in [0.25, 0.3) is 0 Å². The average Bonchev–Trinajstić information content (AvgIpc) is 4.22. The summed E-state index contributed by atoms with van der Waals surface area (Å²) in [6, 6.07) is 62.4. The maximum Gasteiger partial charge on any atom is 0.227 e. The number of imidazole rings is 1. The van der Waals surface area contributed by atoms with E-state index in [1.165, 1.54) is 0 Å². The molecule has 12 rings (SSSR count). The third-order valence-electron chi connectivity index (χ3n) is 15.1. The summed E-state index contributed by atoms with van der Waals surface area (Å²) in [5, 5.41) is 14.7. The van der Waals surface area contributed by atoms with Gasteiger partial charge in [-0.1, -0.05) is 216 Å². The van der Waals surface area contributed by atoms with Crippen molar-refractivity contribution in [2.75, 3.05) is 0 Å². The van der Waals surface area contributed by atoms with Gasteiger partial charge in [-0.25, -0.2) is 24.9 Å². The van der Waals surface area contributed by atoms with Crippen LogP contribution in [0.5, 0.6) is 5.75 Å². The number of aromatic hydroxyl groups is 1. The summed E-state index contributed by atoms with van der Waals surface area (Å²) in [6.45, 7) is 25.8. The molecule has 0 fully saturated rings. The number of benzene rings is 7. The summed E-state index contributed by atoms with van der Waals surface area (Å²) in [4.78, 5) is 30.7. The maximum atomic E-state index is 13.1. The summed E-state index contributed by atoms with van der Waals surface area (Å²) in [5.41, 5.74) is 14.8. The van der Waals surface area contributed by atoms with Gasteiger partial charge in [0.2, 0.25) is 5.71 Å². The third-order valence-corrected chi connectivity index (χ3v) is 15.1. The van der Waals surface area contributed by atoms with E-state index < -0.39 is 5.41 Å². The Labute approximate surface area is 494 Å².